The lowest BCUT2D eigenvalue weighted by Crippen LogP contribution is -2.32. The highest BCUT2D eigenvalue weighted by molar-refractivity contribution is 6.23. The van der Waals surface area contributed by atoms with Gasteiger partial charge in [0.2, 0.25) is 11.8 Å². The SMILES string of the molecule is COc1ccc(N)c(N2C(=O)C3CC(C)CC3C2=O)c1. The number of carbonyl (C=O) groups is 2. The third-order valence-corrected chi connectivity index (χ3v) is 4.35. The number of anilines is 2. The summed E-state index contributed by atoms with van der Waals surface area (Å²) in [6.45, 7) is 2.09. The van der Waals surface area contributed by atoms with Gasteiger partial charge in [-0.25, -0.2) is 4.90 Å². The van der Waals surface area contributed by atoms with Crippen molar-refractivity contribution in [1.82, 2.24) is 0 Å². The van der Waals surface area contributed by atoms with Gasteiger partial charge in [0, 0.05) is 6.07 Å². The summed E-state index contributed by atoms with van der Waals surface area (Å²) in [6, 6.07) is 5.02. The molecule has 2 N–H and O–H groups in total. The van der Waals surface area contributed by atoms with Gasteiger partial charge in [-0.05, 0) is 30.9 Å². The molecule has 106 valence electrons. The van der Waals surface area contributed by atoms with Crippen LogP contribution in [0.2, 0.25) is 0 Å². The Morgan fingerprint density at radius 3 is 2.35 bits per heavy atom. The topological polar surface area (TPSA) is 72.6 Å². The minimum atomic E-state index is -0.178. The highest BCUT2D eigenvalue weighted by Gasteiger charge is 2.52. The minimum absolute atomic E-state index is 0.121. The average molecular weight is 274 g/mol. The van der Waals surface area contributed by atoms with Gasteiger partial charge in [0.15, 0.2) is 0 Å². The Morgan fingerprint density at radius 1 is 1.20 bits per heavy atom. The molecule has 2 aliphatic rings. The predicted octanol–water partition coefficient (Wildman–Crippen LogP) is 1.81. The van der Waals surface area contributed by atoms with E-state index in [9.17, 15) is 9.59 Å². The lowest BCUT2D eigenvalue weighted by Gasteiger charge is -2.19. The molecule has 1 aromatic carbocycles. The van der Waals surface area contributed by atoms with Crippen molar-refractivity contribution in [3.05, 3.63) is 18.2 Å². The van der Waals surface area contributed by atoms with Gasteiger partial charge in [-0.1, -0.05) is 6.92 Å². The van der Waals surface area contributed by atoms with Crippen molar-refractivity contribution >= 4 is 23.2 Å². The lowest BCUT2D eigenvalue weighted by atomic mass is 10.00. The van der Waals surface area contributed by atoms with Crippen LogP contribution in [-0.2, 0) is 9.59 Å². The fourth-order valence-electron chi connectivity index (χ4n) is 3.36. The monoisotopic (exact) mass is 274 g/mol. The molecule has 0 bridgehead atoms. The number of nitrogens with zero attached hydrogens (tertiary/aromatic N) is 1. The van der Waals surface area contributed by atoms with Gasteiger partial charge in [0.1, 0.15) is 5.75 Å². The Kier molecular flexibility index (Phi) is 2.92. The van der Waals surface area contributed by atoms with Crippen LogP contribution in [0.1, 0.15) is 19.8 Å². The predicted molar refractivity (Wildman–Crippen MR) is 75.3 cm³/mol. The van der Waals surface area contributed by atoms with Gasteiger partial charge < -0.3 is 10.5 Å². The van der Waals surface area contributed by atoms with E-state index in [0.717, 1.165) is 12.8 Å². The minimum Gasteiger partial charge on any atom is -0.497 e. The molecule has 5 nitrogen and oxygen atoms in total. The third-order valence-electron chi connectivity index (χ3n) is 4.35. The van der Waals surface area contributed by atoms with Crippen LogP contribution >= 0.6 is 0 Å². The fourth-order valence-corrected chi connectivity index (χ4v) is 3.36. The van der Waals surface area contributed by atoms with Crippen molar-refractivity contribution in [1.29, 1.82) is 0 Å². The van der Waals surface area contributed by atoms with Crippen molar-refractivity contribution < 1.29 is 14.3 Å². The maximum absolute atomic E-state index is 12.5. The van der Waals surface area contributed by atoms with Crippen LogP contribution in [0.4, 0.5) is 11.4 Å². The van der Waals surface area contributed by atoms with Crippen molar-refractivity contribution in [2.24, 2.45) is 17.8 Å². The Bertz CT molecular complexity index is 560. The van der Waals surface area contributed by atoms with E-state index in [1.807, 2.05) is 0 Å². The maximum atomic E-state index is 12.5. The van der Waals surface area contributed by atoms with E-state index in [-0.39, 0.29) is 23.7 Å². The molecule has 0 radical (unpaired) electrons. The summed E-state index contributed by atoms with van der Waals surface area (Å²) >= 11 is 0. The van der Waals surface area contributed by atoms with Crippen LogP contribution in [0.3, 0.4) is 0 Å². The van der Waals surface area contributed by atoms with Gasteiger partial charge >= 0.3 is 0 Å². The van der Waals surface area contributed by atoms with E-state index >= 15 is 0 Å². The number of fused-ring (bicyclic) bond motifs is 1. The number of benzene rings is 1. The first-order chi connectivity index (χ1) is 9.52. The second kappa shape index (κ2) is 4.51. The number of nitrogens with two attached hydrogens (primary N) is 1. The molecule has 20 heavy (non-hydrogen) atoms. The zero-order valence-corrected chi connectivity index (χ0v) is 11.6. The molecule has 2 amide bonds. The van der Waals surface area contributed by atoms with Crippen LogP contribution in [0.25, 0.3) is 0 Å². The number of carbonyl (C=O) groups excluding carboxylic acids is 2. The molecular weight excluding hydrogens is 256 g/mol. The van der Waals surface area contributed by atoms with Crippen molar-refractivity contribution in [2.75, 3.05) is 17.7 Å². The standard InChI is InChI=1S/C15H18N2O3/c1-8-5-10-11(6-8)15(19)17(14(10)18)13-7-9(20-2)3-4-12(13)16/h3-4,7-8,10-11H,5-6,16H2,1-2H3. The third kappa shape index (κ3) is 1.77. The molecule has 2 fully saturated rings. The number of hydrogen-bond acceptors (Lipinski definition) is 4. The van der Waals surface area contributed by atoms with Crippen LogP contribution in [0.5, 0.6) is 5.75 Å². The zero-order valence-electron chi connectivity index (χ0n) is 11.6. The summed E-state index contributed by atoms with van der Waals surface area (Å²) < 4.78 is 5.15. The summed E-state index contributed by atoms with van der Waals surface area (Å²) in [5.41, 5.74) is 6.79. The van der Waals surface area contributed by atoms with Gasteiger partial charge in [-0.3, -0.25) is 9.59 Å². The second-order valence-electron chi connectivity index (χ2n) is 5.73. The first kappa shape index (κ1) is 13.0. The summed E-state index contributed by atoms with van der Waals surface area (Å²) in [6.07, 6.45) is 1.57. The van der Waals surface area contributed by atoms with Crippen LogP contribution in [0.15, 0.2) is 18.2 Å². The zero-order chi connectivity index (χ0) is 14.4. The van der Waals surface area contributed by atoms with Crippen LogP contribution in [0, 0.1) is 17.8 Å². The Morgan fingerprint density at radius 2 is 1.80 bits per heavy atom. The van der Waals surface area contributed by atoms with Gasteiger partial charge in [-0.15, -0.1) is 0 Å². The van der Waals surface area contributed by atoms with Gasteiger partial charge in [-0.2, -0.15) is 0 Å². The van der Waals surface area contributed by atoms with Crippen LogP contribution in [-0.4, -0.2) is 18.9 Å². The van der Waals surface area contributed by atoms with E-state index in [2.05, 4.69) is 6.92 Å². The summed E-state index contributed by atoms with van der Waals surface area (Å²) in [4.78, 5) is 26.3. The summed E-state index contributed by atoms with van der Waals surface area (Å²) in [5, 5.41) is 0. The van der Waals surface area contributed by atoms with Crippen molar-refractivity contribution in [2.45, 2.75) is 19.8 Å². The van der Waals surface area contributed by atoms with Gasteiger partial charge in [0.05, 0.1) is 30.3 Å². The fraction of sp³-hybridized carbons (Fsp3) is 0.467. The van der Waals surface area contributed by atoms with Crippen LogP contribution < -0.4 is 15.4 Å². The van der Waals surface area contributed by atoms with E-state index in [1.165, 1.54) is 4.90 Å². The molecule has 1 aliphatic heterocycles. The first-order valence-corrected chi connectivity index (χ1v) is 6.84. The summed E-state index contributed by atoms with van der Waals surface area (Å²) in [7, 11) is 1.54. The molecule has 1 saturated heterocycles. The highest BCUT2D eigenvalue weighted by Crippen LogP contribution is 2.45. The Balaban J connectivity index is 2.00. The number of ether oxygens (including phenoxy) is 1. The normalized spacial score (nSPS) is 28.9. The number of rotatable bonds is 2. The number of methoxy groups -OCH3 is 1. The largest absolute Gasteiger partial charge is 0.497 e. The van der Waals surface area contributed by atoms with E-state index in [0.29, 0.717) is 23.0 Å². The molecule has 0 aromatic heterocycles. The molecule has 2 unspecified atom stereocenters. The van der Waals surface area contributed by atoms with E-state index < -0.39 is 0 Å². The molecule has 1 heterocycles. The molecule has 1 aliphatic carbocycles. The molecule has 2 atom stereocenters. The van der Waals surface area contributed by atoms with Gasteiger partial charge in [0.25, 0.3) is 0 Å². The first-order valence-electron chi connectivity index (χ1n) is 6.84. The molecular formula is C15H18N2O3. The molecule has 1 saturated carbocycles. The molecule has 3 rings (SSSR count). The smallest absolute Gasteiger partial charge is 0.237 e. The van der Waals surface area contributed by atoms with Crippen molar-refractivity contribution in [3.8, 4) is 5.75 Å². The van der Waals surface area contributed by atoms with E-state index in [4.69, 9.17) is 10.5 Å². The number of nitrogen functional groups attached to an aromatic ring is 1. The number of hydrogen-bond donors (Lipinski definition) is 1. The highest BCUT2D eigenvalue weighted by atomic mass is 16.5. The molecule has 1 aromatic rings. The average Bonchev–Trinajstić information content (AvgIpc) is 2.91. The Hall–Kier alpha value is -2.04. The number of amides is 2. The quantitative estimate of drug-likeness (QED) is 0.659. The van der Waals surface area contributed by atoms with E-state index in [1.54, 1.807) is 25.3 Å². The Labute approximate surface area is 117 Å². The van der Waals surface area contributed by atoms with Crippen molar-refractivity contribution in [3.63, 3.8) is 0 Å². The lowest BCUT2D eigenvalue weighted by molar-refractivity contribution is -0.123. The molecule has 0 spiro atoms. The number of imide groups is 1. The maximum Gasteiger partial charge on any atom is 0.237 e. The molecule has 5 heteroatoms. The summed E-state index contributed by atoms with van der Waals surface area (Å²) in [5.74, 6) is 0.419. The second-order valence-corrected chi connectivity index (χ2v) is 5.73.